The summed E-state index contributed by atoms with van der Waals surface area (Å²) < 4.78 is 6.42. The van der Waals surface area contributed by atoms with Crippen LogP contribution in [0.25, 0.3) is 5.69 Å². The number of nitrogens with two attached hydrogens (primary N) is 1. The standard InChI is InChI=1S/C25H22N4O3/c1-32-25(31)24-23(27)18(14-26)15-29(24)22-10-6-5-9-21(22)28-19-11-17(12-20(30)13-19)16-7-3-2-4-8-16/h2-10,13,15,17,28H,11-12,27H2,1H3. The second-order valence-corrected chi connectivity index (χ2v) is 7.57. The molecule has 0 bridgehead atoms. The molecule has 3 aromatic rings. The Morgan fingerprint density at radius 2 is 1.88 bits per heavy atom. The van der Waals surface area contributed by atoms with Crippen LogP contribution in [0.1, 0.15) is 40.4 Å². The van der Waals surface area contributed by atoms with E-state index in [1.54, 1.807) is 16.7 Å². The molecule has 0 saturated carbocycles. The minimum atomic E-state index is -0.644. The van der Waals surface area contributed by atoms with Gasteiger partial charge >= 0.3 is 5.97 Å². The van der Waals surface area contributed by atoms with Gasteiger partial charge < -0.3 is 20.4 Å². The number of nitrogen functional groups attached to an aromatic ring is 1. The van der Waals surface area contributed by atoms with Crippen LogP contribution in [0, 0.1) is 11.3 Å². The first-order valence-electron chi connectivity index (χ1n) is 10.2. The highest BCUT2D eigenvalue weighted by atomic mass is 16.5. The van der Waals surface area contributed by atoms with Gasteiger partial charge in [-0.3, -0.25) is 4.79 Å². The molecule has 1 aromatic heterocycles. The zero-order valence-corrected chi connectivity index (χ0v) is 17.5. The summed E-state index contributed by atoms with van der Waals surface area (Å²) in [6, 6.07) is 19.3. The lowest BCUT2D eigenvalue weighted by Crippen LogP contribution is -2.18. The van der Waals surface area contributed by atoms with Crippen molar-refractivity contribution in [2.75, 3.05) is 18.2 Å². The quantitative estimate of drug-likeness (QED) is 0.593. The molecule has 0 amide bonds. The Hall–Kier alpha value is -4.31. The molecule has 7 heteroatoms. The number of nitrogens with one attached hydrogen (secondary N) is 1. The molecule has 0 saturated heterocycles. The Labute approximate surface area is 185 Å². The number of rotatable bonds is 5. The van der Waals surface area contributed by atoms with Gasteiger partial charge in [-0.15, -0.1) is 0 Å². The molecule has 160 valence electrons. The second kappa shape index (κ2) is 8.82. The third-order valence-corrected chi connectivity index (χ3v) is 5.52. The molecule has 0 radical (unpaired) electrons. The highest BCUT2D eigenvalue weighted by Gasteiger charge is 2.25. The van der Waals surface area contributed by atoms with E-state index in [-0.39, 0.29) is 28.6 Å². The van der Waals surface area contributed by atoms with Gasteiger partial charge in [0, 0.05) is 24.4 Å². The van der Waals surface area contributed by atoms with Crippen LogP contribution >= 0.6 is 0 Å². The Kier molecular flexibility index (Phi) is 5.77. The first kappa shape index (κ1) is 20.9. The third kappa shape index (κ3) is 3.98. The van der Waals surface area contributed by atoms with Gasteiger partial charge in [-0.1, -0.05) is 42.5 Å². The first-order valence-corrected chi connectivity index (χ1v) is 10.2. The lowest BCUT2D eigenvalue weighted by atomic mass is 9.85. The molecular formula is C25H22N4O3. The van der Waals surface area contributed by atoms with Crippen LogP contribution in [0.15, 0.2) is 72.6 Å². The zero-order valence-electron chi connectivity index (χ0n) is 17.5. The summed E-state index contributed by atoms with van der Waals surface area (Å²) >= 11 is 0. The van der Waals surface area contributed by atoms with Crippen molar-refractivity contribution < 1.29 is 14.3 Å². The molecule has 2 aromatic carbocycles. The maximum Gasteiger partial charge on any atom is 0.357 e. The average Bonchev–Trinajstić information content (AvgIpc) is 3.15. The van der Waals surface area contributed by atoms with Crippen molar-refractivity contribution in [2.24, 2.45) is 0 Å². The zero-order chi connectivity index (χ0) is 22.7. The number of ketones is 1. The summed E-state index contributed by atoms with van der Waals surface area (Å²) in [5, 5.41) is 12.7. The molecule has 4 rings (SSSR count). The third-order valence-electron chi connectivity index (χ3n) is 5.52. The largest absolute Gasteiger partial charge is 0.464 e. The second-order valence-electron chi connectivity index (χ2n) is 7.57. The van der Waals surface area contributed by atoms with Crippen LogP contribution < -0.4 is 11.1 Å². The molecule has 7 nitrogen and oxygen atoms in total. The SMILES string of the molecule is COC(=O)c1c(N)c(C#N)cn1-c1ccccc1NC1=CC(=O)CC(c2ccccc2)C1. The molecule has 1 aliphatic carbocycles. The topological polar surface area (TPSA) is 110 Å². The van der Waals surface area contributed by atoms with Crippen molar-refractivity contribution in [1.82, 2.24) is 4.57 Å². The van der Waals surface area contributed by atoms with E-state index < -0.39 is 5.97 Å². The van der Waals surface area contributed by atoms with Crippen molar-refractivity contribution in [2.45, 2.75) is 18.8 Å². The number of nitriles is 1. The van der Waals surface area contributed by atoms with Crippen molar-refractivity contribution in [3.8, 4) is 11.8 Å². The normalized spacial score (nSPS) is 15.6. The fraction of sp³-hybridized carbons (Fsp3) is 0.160. The number of methoxy groups -OCH3 is 1. The lowest BCUT2D eigenvalue weighted by molar-refractivity contribution is -0.115. The van der Waals surface area contributed by atoms with E-state index in [1.165, 1.54) is 13.3 Å². The van der Waals surface area contributed by atoms with E-state index >= 15 is 0 Å². The molecule has 3 N–H and O–H groups in total. The van der Waals surface area contributed by atoms with Gasteiger partial charge in [0.25, 0.3) is 0 Å². The van der Waals surface area contributed by atoms with E-state index in [2.05, 4.69) is 5.32 Å². The predicted octanol–water partition coefficient (Wildman–Crippen LogP) is 4.16. The molecule has 0 fully saturated rings. The molecule has 1 aliphatic rings. The maximum absolute atomic E-state index is 12.4. The number of carbonyl (C=O) groups is 2. The summed E-state index contributed by atoms with van der Waals surface area (Å²) in [5.41, 5.74) is 9.53. The summed E-state index contributed by atoms with van der Waals surface area (Å²) in [7, 11) is 1.26. The number of benzene rings is 2. The van der Waals surface area contributed by atoms with E-state index in [9.17, 15) is 14.9 Å². The van der Waals surface area contributed by atoms with Crippen molar-refractivity contribution in [3.05, 3.63) is 89.4 Å². The Bertz CT molecular complexity index is 1250. The monoisotopic (exact) mass is 426 g/mol. The minimum Gasteiger partial charge on any atom is -0.464 e. The number of hydrogen-bond donors (Lipinski definition) is 2. The maximum atomic E-state index is 12.4. The van der Waals surface area contributed by atoms with E-state index in [0.29, 0.717) is 24.2 Å². The predicted molar refractivity (Wildman–Crippen MR) is 121 cm³/mol. The van der Waals surface area contributed by atoms with Crippen LogP contribution in [-0.4, -0.2) is 23.4 Å². The molecule has 1 heterocycles. The average molecular weight is 426 g/mol. The van der Waals surface area contributed by atoms with Crippen LogP contribution in [0.4, 0.5) is 11.4 Å². The van der Waals surface area contributed by atoms with E-state index in [1.807, 2.05) is 54.6 Å². The Morgan fingerprint density at radius 3 is 2.59 bits per heavy atom. The Balaban J connectivity index is 1.71. The number of ether oxygens (including phenoxy) is 1. The smallest absolute Gasteiger partial charge is 0.357 e. The van der Waals surface area contributed by atoms with E-state index in [4.69, 9.17) is 10.5 Å². The summed E-state index contributed by atoms with van der Waals surface area (Å²) in [6.45, 7) is 0. The van der Waals surface area contributed by atoms with Gasteiger partial charge in [0.1, 0.15) is 6.07 Å². The summed E-state index contributed by atoms with van der Waals surface area (Å²) in [6.07, 6.45) is 4.27. The molecule has 1 atom stereocenters. The molecule has 0 aliphatic heterocycles. The van der Waals surface area contributed by atoms with Gasteiger partial charge in [0.15, 0.2) is 11.5 Å². The summed E-state index contributed by atoms with van der Waals surface area (Å²) in [4.78, 5) is 24.8. The molecule has 32 heavy (non-hydrogen) atoms. The van der Waals surface area contributed by atoms with Crippen molar-refractivity contribution in [3.63, 3.8) is 0 Å². The van der Waals surface area contributed by atoms with Gasteiger partial charge in [0.2, 0.25) is 0 Å². The fourth-order valence-electron chi connectivity index (χ4n) is 4.01. The van der Waals surface area contributed by atoms with Gasteiger partial charge in [0.05, 0.1) is 29.7 Å². The first-order chi connectivity index (χ1) is 15.5. The highest BCUT2D eigenvalue weighted by Crippen LogP contribution is 2.34. The fourth-order valence-corrected chi connectivity index (χ4v) is 4.01. The summed E-state index contributed by atoms with van der Waals surface area (Å²) in [5.74, 6) is -0.506. The minimum absolute atomic E-state index is 0.0531. The number of aromatic nitrogens is 1. The van der Waals surface area contributed by atoms with Crippen molar-refractivity contribution in [1.29, 1.82) is 5.26 Å². The lowest BCUT2D eigenvalue weighted by Gasteiger charge is -2.24. The van der Waals surface area contributed by atoms with Crippen LogP contribution in [0.3, 0.4) is 0 Å². The number of hydrogen-bond acceptors (Lipinski definition) is 6. The Morgan fingerprint density at radius 1 is 1.16 bits per heavy atom. The highest BCUT2D eigenvalue weighted by molar-refractivity contribution is 5.96. The van der Waals surface area contributed by atoms with Crippen LogP contribution in [0.2, 0.25) is 0 Å². The number of para-hydroxylation sites is 2. The number of nitrogens with zero attached hydrogens (tertiary/aromatic N) is 2. The van der Waals surface area contributed by atoms with Gasteiger partial charge in [-0.25, -0.2) is 4.79 Å². The number of esters is 1. The van der Waals surface area contributed by atoms with Crippen molar-refractivity contribution >= 4 is 23.1 Å². The number of carbonyl (C=O) groups excluding carboxylic acids is 2. The van der Waals surface area contributed by atoms with Crippen LogP contribution in [0.5, 0.6) is 0 Å². The van der Waals surface area contributed by atoms with E-state index in [0.717, 1.165) is 11.3 Å². The van der Waals surface area contributed by atoms with Gasteiger partial charge in [-0.05, 0) is 30.0 Å². The molecular weight excluding hydrogens is 404 g/mol. The molecule has 1 unspecified atom stereocenters. The molecule has 0 spiro atoms. The van der Waals surface area contributed by atoms with Gasteiger partial charge in [-0.2, -0.15) is 5.26 Å². The number of anilines is 2. The van der Waals surface area contributed by atoms with Crippen LogP contribution in [-0.2, 0) is 9.53 Å². The number of allylic oxidation sites excluding steroid dienone is 2.